The molecule has 0 unspecified atom stereocenters. The fourth-order valence-corrected chi connectivity index (χ4v) is 6.29. The number of carbonyl (C=O) groups excluding carboxylic acids is 2. The number of nitrogens with zero attached hydrogens (tertiary/aromatic N) is 3. The predicted octanol–water partition coefficient (Wildman–Crippen LogP) is 6.93. The van der Waals surface area contributed by atoms with E-state index in [1.54, 1.807) is 13.0 Å². The second-order valence-electron chi connectivity index (χ2n) is 11.4. The maximum absolute atomic E-state index is 14.5. The molecule has 2 aromatic rings. The predicted molar refractivity (Wildman–Crippen MR) is 139 cm³/mol. The third kappa shape index (κ3) is 5.55. The summed E-state index contributed by atoms with van der Waals surface area (Å²) in [7, 11) is 0. The minimum absolute atomic E-state index is 0.00573. The minimum Gasteiger partial charge on any atom is -0.481 e. The van der Waals surface area contributed by atoms with Crippen LogP contribution >= 0.6 is 23.2 Å². The van der Waals surface area contributed by atoms with Gasteiger partial charge in [0.1, 0.15) is 0 Å². The summed E-state index contributed by atoms with van der Waals surface area (Å²) < 4.78 is 44.2. The molecule has 2 saturated carbocycles. The number of carboxylic acid groups (broad SMARTS) is 1. The van der Waals surface area contributed by atoms with Crippen LogP contribution in [-0.4, -0.2) is 50.0 Å². The van der Waals surface area contributed by atoms with E-state index < -0.39 is 64.6 Å². The van der Waals surface area contributed by atoms with Crippen LogP contribution in [0.1, 0.15) is 91.7 Å². The molecule has 1 amide bonds. The van der Waals surface area contributed by atoms with Crippen LogP contribution in [0.2, 0.25) is 10.0 Å². The van der Waals surface area contributed by atoms with E-state index in [4.69, 9.17) is 23.2 Å². The van der Waals surface area contributed by atoms with Crippen molar-refractivity contribution in [3.8, 4) is 0 Å². The second kappa shape index (κ2) is 10.4. The SMILES string of the molecule is CC1(C(=O)O)CCC(n2ncc(C(=O)N(CC(=O)c3c(Cl)cccc3Cl)[C@H]3CCC3(C)C)c2C(F)(F)F)CC1. The Hall–Kier alpha value is -2.59. The summed E-state index contributed by atoms with van der Waals surface area (Å²) in [5, 5.41) is 13.6. The standard InChI is InChI=1S/C27H30Cl2F3N3O4/c1-25(2)10-9-20(25)34(14-19(36)21-17(28)5-4-6-18(21)29)23(37)16-13-33-35(22(16)27(30,31)32)15-7-11-26(3,12-8-15)24(38)39/h4-6,13,15,20H,7-12,14H2,1-3H3,(H,38,39)/t15?,20-,26?/m0/s1. The van der Waals surface area contributed by atoms with Gasteiger partial charge in [0, 0.05) is 6.04 Å². The quantitative estimate of drug-likeness (QED) is 0.354. The van der Waals surface area contributed by atoms with E-state index in [9.17, 15) is 32.7 Å². The summed E-state index contributed by atoms with van der Waals surface area (Å²) in [6, 6.07) is 3.32. The highest BCUT2D eigenvalue weighted by atomic mass is 35.5. The molecule has 1 aromatic carbocycles. The van der Waals surface area contributed by atoms with E-state index in [2.05, 4.69) is 5.10 Å². The highest BCUT2D eigenvalue weighted by Gasteiger charge is 2.49. The van der Waals surface area contributed by atoms with E-state index in [1.807, 2.05) is 13.8 Å². The number of hydrogen-bond donors (Lipinski definition) is 1. The number of hydrogen-bond acceptors (Lipinski definition) is 4. The van der Waals surface area contributed by atoms with Crippen LogP contribution in [0.5, 0.6) is 0 Å². The molecule has 0 aliphatic heterocycles. The fourth-order valence-electron chi connectivity index (χ4n) is 5.68. The van der Waals surface area contributed by atoms with Crippen molar-refractivity contribution < 1.29 is 32.7 Å². The molecule has 2 aliphatic rings. The maximum Gasteiger partial charge on any atom is 0.433 e. The monoisotopic (exact) mass is 587 g/mol. The van der Waals surface area contributed by atoms with Crippen LogP contribution in [0.4, 0.5) is 13.2 Å². The van der Waals surface area contributed by atoms with E-state index in [1.165, 1.54) is 17.0 Å². The molecule has 39 heavy (non-hydrogen) atoms. The van der Waals surface area contributed by atoms with Crippen LogP contribution in [0.3, 0.4) is 0 Å². The third-order valence-electron chi connectivity index (χ3n) is 8.37. The van der Waals surface area contributed by atoms with E-state index in [0.717, 1.165) is 17.3 Å². The topological polar surface area (TPSA) is 92.5 Å². The molecule has 212 valence electrons. The van der Waals surface area contributed by atoms with E-state index in [0.29, 0.717) is 6.42 Å². The Bertz CT molecular complexity index is 1280. The van der Waals surface area contributed by atoms with Crippen LogP contribution < -0.4 is 0 Å². The van der Waals surface area contributed by atoms with Gasteiger partial charge in [0.2, 0.25) is 0 Å². The Labute approximate surface area is 234 Å². The van der Waals surface area contributed by atoms with Crippen molar-refractivity contribution in [3.63, 3.8) is 0 Å². The molecule has 0 radical (unpaired) electrons. The van der Waals surface area contributed by atoms with Gasteiger partial charge in [0.25, 0.3) is 5.91 Å². The molecule has 7 nitrogen and oxygen atoms in total. The lowest BCUT2D eigenvalue weighted by molar-refractivity contribution is -0.152. The molecule has 2 fully saturated rings. The number of halogens is 5. The molecule has 4 rings (SSSR count). The first kappa shape index (κ1) is 29.4. The van der Waals surface area contributed by atoms with E-state index in [-0.39, 0.29) is 41.3 Å². The number of aliphatic carboxylic acids is 1. The lowest BCUT2D eigenvalue weighted by Crippen LogP contribution is -2.56. The van der Waals surface area contributed by atoms with Gasteiger partial charge in [-0.1, -0.05) is 43.1 Å². The summed E-state index contributed by atoms with van der Waals surface area (Å²) in [5.41, 5.74) is -3.27. The molecule has 1 aromatic heterocycles. The molecule has 0 bridgehead atoms. The molecule has 1 N–H and O–H groups in total. The number of ketones is 1. The van der Waals surface area contributed by atoms with Crippen molar-refractivity contribution in [2.75, 3.05) is 6.54 Å². The summed E-state index contributed by atoms with van der Waals surface area (Å²) in [5.74, 6) is -2.52. The summed E-state index contributed by atoms with van der Waals surface area (Å²) in [6.07, 6.45) is -2.04. The molecule has 12 heteroatoms. The number of amides is 1. The summed E-state index contributed by atoms with van der Waals surface area (Å²) in [4.78, 5) is 39.9. The number of benzene rings is 1. The third-order valence-corrected chi connectivity index (χ3v) is 9.00. The molecule has 1 heterocycles. The van der Waals surface area contributed by atoms with Crippen LogP contribution in [-0.2, 0) is 11.0 Å². The van der Waals surface area contributed by atoms with Gasteiger partial charge in [0.05, 0.1) is 45.4 Å². The first-order valence-corrected chi connectivity index (χ1v) is 13.5. The van der Waals surface area contributed by atoms with Gasteiger partial charge in [-0.15, -0.1) is 0 Å². The van der Waals surface area contributed by atoms with Crippen molar-refractivity contribution in [3.05, 3.63) is 51.3 Å². The number of aromatic nitrogens is 2. The number of rotatable bonds is 7. The fraction of sp³-hybridized carbons (Fsp3) is 0.556. The van der Waals surface area contributed by atoms with Crippen molar-refractivity contribution in [2.45, 2.75) is 77.6 Å². The van der Waals surface area contributed by atoms with Crippen molar-refractivity contribution in [1.29, 1.82) is 0 Å². The molecule has 2 aliphatic carbocycles. The van der Waals surface area contributed by atoms with Gasteiger partial charge in [0.15, 0.2) is 11.5 Å². The number of Topliss-reactive ketones (excluding diaryl/α,β-unsaturated/α-hetero) is 1. The number of alkyl halides is 3. The number of carbonyl (C=O) groups is 3. The zero-order valence-electron chi connectivity index (χ0n) is 21.8. The largest absolute Gasteiger partial charge is 0.481 e. The smallest absolute Gasteiger partial charge is 0.433 e. The summed E-state index contributed by atoms with van der Waals surface area (Å²) in [6.45, 7) is 4.86. The van der Waals surface area contributed by atoms with Crippen molar-refractivity contribution in [1.82, 2.24) is 14.7 Å². The van der Waals surface area contributed by atoms with E-state index >= 15 is 0 Å². The van der Waals surface area contributed by atoms with Crippen molar-refractivity contribution >= 4 is 40.9 Å². The summed E-state index contributed by atoms with van der Waals surface area (Å²) >= 11 is 12.4. The van der Waals surface area contributed by atoms with Crippen LogP contribution in [0.15, 0.2) is 24.4 Å². The van der Waals surface area contributed by atoms with Crippen LogP contribution in [0.25, 0.3) is 0 Å². The molecular formula is C27H30Cl2F3N3O4. The average Bonchev–Trinajstić information content (AvgIpc) is 3.29. The Kier molecular flexibility index (Phi) is 7.86. The highest BCUT2D eigenvalue weighted by Crippen LogP contribution is 2.46. The maximum atomic E-state index is 14.5. The highest BCUT2D eigenvalue weighted by molar-refractivity contribution is 6.40. The molecule has 0 spiro atoms. The van der Waals surface area contributed by atoms with Crippen LogP contribution in [0, 0.1) is 10.8 Å². The van der Waals surface area contributed by atoms with Gasteiger partial charge >= 0.3 is 12.1 Å². The first-order valence-electron chi connectivity index (χ1n) is 12.7. The zero-order valence-corrected chi connectivity index (χ0v) is 23.3. The molecule has 1 atom stereocenters. The van der Waals surface area contributed by atoms with Crippen molar-refractivity contribution in [2.24, 2.45) is 10.8 Å². The normalized spacial score (nSPS) is 24.6. The average molecular weight is 588 g/mol. The van der Waals surface area contributed by atoms with Gasteiger partial charge in [-0.25, -0.2) is 0 Å². The minimum atomic E-state index is -4.91. The molecule has 0 saturated heterocycles. The first-order chi connectivity index (χ1) is 18.1. The Morgan fingerprint density at radius 2 is 1.67 bits per heavy atom. The number of carboxylic acids is 1. The Morgan fingerprint density at radius 3 is 2.13 bits per heavy atom. The zero-order chi connectivity index (χ0) is 28.9. The van der Waals surface area contributed by atoms with Gasteiger partial charge in [-0.2, -0.15) is 18.3 Å². The lowest BCUT2D eigenvalue weighted by Gasteiger charge is -2.50. The van der Waals surface area contributed by atoms with Gasteiger partial charge in [-0.3, -0.25) is 19.1 Å². The Balaban J connectivity index is 1.70. The van der Waals surface area contributed by atoms with Gasteiger partial charge < -0.3 is 10.0 Å². The lowest BCUT2D eigenvalue weighted by atomic mass is 9.66. The second-order valence-corrected chi connectivity index (χ2v) is 12.3. The molecular weight excluding hydrogens is 558 g/mol. The van der Waals surface area contributed by atoms with Gasteiger partial charge in [-0.05, 0) is 63.0 Å². The Morgan fingerprint density at radius 1 is 1.08 bits per heavy atom.